The molecule has 0 N–H and O–H groups in total. The van der Waals surface area contributed by atoms with E-state index >= 15 is 0 Å². The fourth-order valence-corrected chi connectivity index (χ4v) is 5.54. The van der Waals surface area contributed by atoms with Gasteiger partial charge in [0.15, 0.2) is 0 Å². The number of carbonyl (C=O) groups excluding carboxylic acids is 1. The molecule has 4 heterocycles. The minimum Gasteiger partial charge on any atom is -0.493 e. The topological polar surface area (TPSA) is 85.8 Å². The monoisotopic (exact) mass is 534 g/mol. The molecule has 0 unspecified atom stereocenters. The molecule has 10 nitrogen and oxygen atoms in total. The Morgan fingerprint density at radius 2 is 1.64 bits per heavy atom. The number of fused-ring (bicyclic) bond motifs is 1. The minimum atomic E-state index is -0.473. The van der Waals surface area contributed by atoms with Crippen LogP contribution in [0.4, 0.5) is 16.2 Å². The normalized spacial score (nSPS) is 18.9. The van der Waals surface area contributed by atoms with Crippen molar-refractivity contribution >= 4 is 28.4 Å². The van der Waals surface area contributed by atoms with Crippen LogP contribution in [0.25, 0.3) is 10.9 Å². The van der Waals surface area contributed by atoms with Crippen molar-refractivity contribution in [3.8, 4) is 11.5 Å². The summed E-state index contributed by atoms with van der Waals surface area (Å²) in [5.41, 5.74) is 3.99. The second-order valence-corrected chi connectivity index (χ2v) is 10.2. The van der Waals surface area contributed by atoms with E-state index in [0.717, 1.165) is 77.5 Å². The van der Waals surface area contributed by atoms with E-state index in [1.807, 2.05) is 51.1 Å². The first-order valence-electron chi connectivity index (χ1n) is 13.6. The van der Waals surface area contributed by atoms with Crippen LogP contribution >= 0.6 is 0 Å². The summed E-state index contributed by atoms with van der Waals surface area (Å²) in [6, 6.07) is 13.7. The molecule has 0 atom stereocenters. The first-order valence-corrected chi connectivity index (χ1v) is 13.6. The number of rotatable bonds is 8. The predicted octanol–water partition coefficient (Wildman–Crippen LogP) is 4.97. The number of pyridine rings is 1. The van der Waals surface area contributed by atoms with Crippen LogP contribution in [0.1, 0.15) is 37.9 Å². The first kappa shape index (κ1) is 25.7. The molecule has 0 radical (unpaired) electrons. The molecule has 0 bridgehead atoms. The molecule has 3 aliphatic rings. The van der Waals surface area contributed by atoms with Gasteiger partial charge >= 0.3 is 6.09 Å². The lowest BCUT2D eigenvalue weighted by Crippen LogP contribution is -2.46. The molecular formula is C29H34N4O6. The highest BCUT2D eigenvalue weighted by atomic mass is 17.1. The van der Waals surface area contributed by atoms with Crippen LogP contribution < -0.4 is 19.6 Å². The second kappa shape index (κ2) is 10.5. The highest BCUT2D eigenvalue weighted by molar-refractivity contribution is 5.91. The number of carbonyl (C=O) groups is 1. The van der Waals surface area contributed by atoms with Crippen molar-refractivity contribution in [2.45, 2.75) is 45.8 Å². The summed E-state index contributed by atoms with van der Waals surface area (Å²) in [7, 11) is 0. The Kier molecular flexibility index (Phi) is 6.92. The first-order chi connectivity index (χ1) is 19.0. The maximum Gasteiger partial charge on any atom is 0.415 e. The summed E-state index contributed by atoms with van der Waals surface area (Å²) in [4.78, 5) is 32.1. The molecule has 3 aromatic rings. The van der Waals surface area contributed by atoms with Gasteiger partial charge in [-0.15, -0.1) is 5.23 Å². The molecule has 6 rings (SSSR count). The Balaban J connectivity index is 1.14. The summed E-state index contributed by atoms with van der Waals surface area (Å²) in [6.07, 6.45) is 1.26. The Labute approximate surface area is 227 Å². The van der Waals surface area contributed by atoms with Gasteiger partial charge in [0.05, 0.1) is 25.4 Å². The average molecular weight is 535 g/mol. The molecule has 206 valence electrons. The number of amides is 1. The number of benzene rings is 2. The highest BCUT2D eigenvalue weighted by Gasteiger charge is 2.47. The lowest BCUT2D eigenvalue weighted by molar-refractivity contribution is -0.277. The molecule has 0 aliphatic carbocycles. The Hall–Kier alpha value is -3.60. The number of hydrogen-bond acceptors (Lipinski definition) is 9. The number of likely N-dealkylation sites (tertiary alicyclic amines) is 1. The van der Waals surface area contributed by atoms with Crippen molar-refractivity contribution in [3.63, 3.8) is 0 Å². The molecule has 3 saturated heterocycles. The van der Waals surface area contributed by atoms with Gasteiger partial charge in [0, 0.05) is 55.3 Å². The number of aromatic nitrogens is 1. The van der Waals surface area contributed by atoms with Crippen LogP contribution in [0.2, 0.25) is 0 Å². The highest BCUT2D eigenvalue weighted by Crippen LogP contribution is 2.38. The maximum absolute atomic E-state index is 12.8. The Bertz CT molecular complexity index is 1350. The Morgan fingerprint density at radius 3 is 2.31 bits per heavy atom. The number of piperidine rings is 1. The van der Waals surface area contributed by atoms with Crippen molar-refractivity contribution in [2.75, 3.05) is 49.8 Å². The van der Waals surface area contributed by atoms with Gasteiger partial charge < -0.3 is 14.2 Å². The number of nitrogens with zero attached hydrogens (tertiary/aromatic N) is 4. The molecule has 3 aliphatic heterocycles. The fraction of sp³-hybridized carbons (Fsp3) is 0.448. The second-order valence-electron chi connectivity index (χ2n) is 10.2. The standard InChI is InChI=1S/C29H34N4O6/c1-4-35-25-14-20(3)30-27-24(25)15-21(16-26(27)36-5-2)17-31-12-10-29(11-13-31)18-32(28(34)39-29)22-6-8-23(9-7-22)33-37-19-38-33/h6-9,14-16H,4-5,10-13,17-19H2,1-3H3. The average Bonchev–Trinajstić information content (AvgIpc) is 3.21. The van der Waals surface area contributed by atoms with Gasteiger partial charge in [0.25, 0.3) is 0 Å². The lowest BCUT2D eigenvalue weighted by Gasteiger charge is -2.37. The van der Waals surface area contributed by atoms with E-state index < -0.39 is 5.60 Å². The zero-order valence-electron chi connectivity index (χ0n) is 22.6. The van der Waals surface area contributed by atoms with Crippen molar-refractivity contribution in [1.29, 1.82) is 0 Å². The van der Waals surface area contributed by atoms with Crippen LogP contribution in [0.15, 0.2) is 42.5 Å². The maximum atomic E-state index is 12.8. The van der Waals surface area contributed by atoms with Crippen molar-refractivity contribution < 1.29 is 28.7 Å². The van der Waals surface area contributed by atoms with Crippen LogP contribution in [-0.2, 0) is 21.0 Å². The summed E-state index contributed by atoms with van der Waals surface area (Å²) in [5.74, 6) is 1.61. The molecule has 1 aromatic heterocycles. The Morgan fingerprint density at radius 1 is 0.949 bits per heavy atom. The zero-order valence-corrected chi connectivity index (χ0v) is 22.6. The van der Waals surface area contributed by atoms with E-state index in [2.05, 4.69) is 17.0 Å². The third-order valence-electron chi connectivity index (χ3n) is 7.48. The van der Waals surface area contributed by atoms with Gasteiger partial charge in [-0.2, -0.15) is 0 Å². The van der Waals surface area contributed by atoms with E-state index in [-0.39, 0.29) is 12.9 Å². The molecule has 1 amide bonds. The lowest BCUT2D eigenvalue weighted by atomic mass is 9.91. The predicted molar refractivity (Wildman–Crippen MR) is 146 cm³/mol. The van der Waals surface area contributed by atoms with Crippen molar-refractivity contribution in [3.05, 3.63) is 53.7 Å². The summed E-state index contributed by atoms with van der Waals surface area (Å²) in [5, 5.41) is 2.32. The van der Waals surface area contributed by atoms with Crippen LogP contribution in [0, 0.1) is 6.92 Å². The van der Waals surface area contributed by atoms with E-state index in [0.29, 0.717) is 19.8 Å². The van der Waals surface area contributed by atoms with Crippen molar-refractivity contribution in [1.82, 2.24) is 9.88 Å². The molecule has 1 spiro atoms. The van der Waals surface area contributed by atoms with Crippen LogP contribution in [0.5, 0.6) is 11.5 Å². The summed E-state index contributed by atoms with van der Waals surface area (Å²) < 4.78 is 17.9. The van der Waals surface area contributed by atoms with Crippen LogP contribution in [-0.4, -0.2) is 61.2 Å². The quantitative estimate of drug-likeness (QED) is 0.397. The molecular weight excluding hydrogens is 500 g/mol. The fourth-order valence-electron chi connectivity index (χ4n) is 5.54. The summed E-state index contributed by atoms with van der Waals surface area (Å²) in [6.45, 7) is 10.3. The van der Waals surface area contributed by atoms with E-state index in [4.69, 9.17) is 28.9 Å². The number of ether oxygens (including phenoxy) is 3. The molecule has 10 heteroatoms. The van der Waals surface area contributed by atoms with E-state index in [1.165, 1.54) is 5.23 Å². The number of anilines is 2. The van der Waals surface area contributed by atoms with E-state index in [9.17, 15) is 4.79 Å². The molecule has 0 saturated carbocycles. The smallest absolute Gasteiger partial charge is 0.415 e. The number of aryl methyl sites for hydroxylation is 1. The third-order valence-corrected chi connectivity index (χ3v) is 7.48. The SMILES string of the molecule is CCOc1cc(C)nc2c(OCC)cc(CN3CCC4(CC3)CN(c3ccc(N5OCO5)cc3)C(=O)O4)cc12. The van der Waals surface area contributed by atoms with Crippen molar-refractivity contribution in [2.24, 2.45) is 0 Å². The van der Waals surface area contributed by atoms with Gasteiger partial charge in [-0.25, -0.2) is 19.5 Å². The largest absolute Gasteiger partial charge is 0.493 e. The van der Waals surface area contributed by atoms with Gasteiger partial charge in [0.1, 0.15) is 22.6 Å². The molecule has 39 heavy (non-hydrogen) atoms. The van der Waals surface area contributed by atoms with Gasteiger partial charge in [0.2, 0.25) is 6.79 Å². The molecule has 2 aromatic carbocycles. The third kappa shape index (κ3) is 5.07. The van der Waals surface area contributed by atoms with Gasteiger partial charge in [-0.05, 0) is 62.7 Å². The number of hydrogen-bond donors (Lipinski definition) is 0. The van der Waals surface area contributed by atoms with Gasteiger partial charge in [-0.1, -0.05) is 0 Å². The van der Waals surface area contributed by atoms with Gasteiger partial charge in [-0.3, -0.25) is 9.80 Å². The van der Waals surface area contributed by atoms with Crippen LogP contribution in [0.3, 0.4) is 0 Å². The minimum absolute atomic E-state index is 0.250. The van der Waals surface area contributed by atoms with E-state index in [1.54, 1.807) is 4.90 Å². The molecule has 3 fully saturated rings. The zero-order chi connectivity index (χ0) is 27.0. The summed E-state index contributed by atoms with van der Waals surface area (Å²) >= 11 is 0.